The third kappa shape index (κ3) is 1.92. The van der Waals surface area contributed by atoms with E-state index in [0.717, 1.165) is 4.68 Å². The standard InChI is InChI=1S/C9H11ClF3N3O/c1-16-7(10)5(6(15-16)9(11,12)13)8(14)2-4(17)3-8/h4,17H,2-3,14H2,1H3. The fraction of sp³-hybridized carbons (Fsp3) is 0.667. The molecule has 3 N–H and O–H groups in total. The molecule has 1 aliphatic carbocycles. The molecule has 1 aliphatic rings. The summed E-state index contributed by atoms with van der Waals surface area (Å²) < 4.78 is 39.3. The summed E-state index contributed by atoms with van der Waals surface area (Å²) in [4.78, 5) is 0. The molecule has 8 heteroatoms. The first kappa shape index (κ1) is 12.7. The second kappa shape index (κ2) is 3.60. The molecule has 2 rings (SSSR count). The van der Waals surface area contributed by atoms with Gasteiger partial charge in [-0.25, -0.2) is 0 Å². The summed E-state index contributed by atoms with van der Waals surface area (Å²) in [7, 11) is 1.32. The monoisotopic (exact) mass is 269 g/mol. The number of hydrogen-bond donors (Lipinski definition) is 2. The van der Waals surface area contributed by atoms with Gasteiger partial charge in [0.2, 0.25) is 0 Å². The van der Waals surface area contributed by atoms with Crippen LogP contribution in [0.15, 0.2) is 0 Å². The van der Waals surface area contributed by atoms with E-state index in [1.54, 1.807) is 0 Å². The second-order valence-electron chi connectivity index (χ2n) is 4.35. The van der Waals surface area contributed by atoms with Crippen LogP contribution >= 0.6 is 11.6 Å². The highest BCUT2D eigenvalue weighted by Crippen LogP contribution is 2.47. The van der Waals surface area contributed by atoms with Crippen molar-refractivity contribution in [1.82, 2.24) is 9.78 Å². The Morgan fingerprint density at radius 1 is 1.53 bits per heavy atom. The third-order valence-corrected chi connectivity index (χ3v) is 3.38. The van der Waals surface area contributed by atoms with Gasteiger partial charge in [0.25, 0.3) is 0 Å². The van der Waals surface area contributed by atoms with E-state index in [4.69, 9.17) is 17.3 Å². The van der Waals surface area contributed by atoms with Crippen molar-refractivity contribution in [1.29, 1.82) is 0 Å². The van der Waals surface area contributed by atoms with Crippen molar-refractivity contribution in [3.05, 3.63) is 16.4 Å². The van der Waals surface area contributed by atoms with Gasteiger partial charge in [-0.15, -0.1) is 0 Å². The summed E-state index contributed by atoms with van der Waals surface area (Å²) in [5, 5.41) is 12.4. The molecule has 0 amide bonds. The van der Waals surface area contributed by atoms with Crippen LogP contribution in [0.4, 0.5) is 13.2 Å². The van der Waals surface area contributed by atoms with Crippen LogP contribution in [-0.4, -0.2) is 21.0 Å². The summed E-state index contributed by atoms with van der Waals surface area (Å²) in [5.41, 5.74) is 3.30. The molecule has 0 radical (unpaired) electrons. The molecule has 96 valence electrons. The average molecular weight is 270 g/mol. The van der Waals surface area contributed by atoms with E-state index < -0.39 is 23.5 Å². The largest absolute Gasteiger partial charge is 0.435 e. The SMILES string of the molecule is Cn1nc(C(F)(F)F)c(C2(N)CC(O)C2)c1Cl. The van der Waals surface area contributed by atoms with Crippen LogP contribution in [0, 0.1) is 0 Å². The molecular formula is C9H11ClF3N3O. The maximum absolute atomic E-state index is 12.8. The first-order valence-electron chi connectivity index (χ1n) is 4.92. The number of rotatable bonds is 1. The third-order valence-electron chi connectivity index (χ3n) is 2.94. The summed E-state index contributed by atoms with van der Waals surface area (Å²) >= 11 is 5.80. The molecule has 0 spiro atoms. The van der Waals surface area contributed by atoms with Crippen LogP contribution in [0.3, 0.4) is 0 Å². The molecule has 0 unspecified atom stereocenters. The van der Waals surface area contributed by atoms with Crippen molar-refractivity contribution >= 4 is 11.6 Å². The average Bonchev–Trinajstić information content (AvgIpc) is 2.40. The summed E-state index contributed by atoms with van der Waals surface area (Å²) in [6, 6.07) is 0. The van der Waals surface area contributed by atoms with Gasteiger partial charge in [0.1, 0.15) is 5.15 Å². The van der Waals surface area contributed by atoms with Gasteiger partial charge in [-0.1, -0.05) is 11.6 Å². The van der Waals surface area contributed by atoms with Gasteiger partial charge in [0, 0.05) is 12.6 Å². The zero-order valence-electron chi connectivity index (χ0n) is 8.92. The number of alkyl halides is 3. The molecule has 0 aromatic carbocycles. The minimum atomic E-state index is -4.60. The van der Waals surface area contributed by atoms with Crippen LogP contribution < -0.4 is 5.73 Å². The number of nitrogens with zero attached hydrogens (tertiary/aromatic N) is 2. The Morgan fingerprint density at radius 3 is 2.47 bits per heavy atom. The van der Waals surface area contributed by atoms with Crippen LogP contribution in [0.1, 0.15) is 24.1 Å². The summed E-state index contributed by atoms with van der Waals surface area (Å²) in [6.07, 6.45) is -5.17. The minimum Gasteiger partial charge on any atom is -0.393 e. The molecule has 1 saturated carbocycles. The Balaban J connectivity index is 2.53. The number of nitrogens with two attached hydrogens (primary N) is 1. The van der Waals surface area contributed by atoms with Crippen molar-refractivity contribution in [3.8, 4) is 0 Å². The van der Waals surface area contributed by atoms with Crippen LogP contribution in [0.2, 0.25) is 5.15 Å². The fourth-order valence-corrected chi connectivity index (χ4v) is 2.44. The van der Waals surface area contributed by atoms with E-state index in [-0.39, 0.29) is 23.6 Å². The van der Waals surface area contributed by atoms with Gasteiger partial charge >= 0.3 is 6.18 Å². The Bertz CT molecular complexity index is 451. The highest BCUT2D eigenvalue weighted by atomic mass is 35.5. The predicted molar refractivity (Wildman–Crippen MR) is 54.3 cm³/mol. The molecule has 0 aliphatic heterocycles. The molecule has 1 aromatic heterocycles. The highest BCUT2D eigenvalue weighted by Gasteiger charge is 2.50. The number of hydrogen-bond acceptors (Lipinski definition) is 3. The van der Waals surface area contributed by atoms with Crippen molar-refractivity contribution in [2.75, 3.05) is 0 Å². The van der Waals surface area contributed by atoms with E-state index in [2.05, 4.69) is 5.10 Å². The van der Waals surface area contributed by atoms with Gasteiger partial charge in [0.15, 0.2) is 5.69 Å². The van der Waals surface area contributed by atoms with Crippen LogP contribution in [0.5, 0.6) is 0 Å². The smallest absolute Gasteiger partial charge is 0.393 e. The second-order valence-corrected chi connectivity index (χ2v) is 4.71. The fourth-order valence-electron chi connectivity index (χ4n) is 2.13. The molecule has 1 heterocycles. The topological polar surface area (TPSA) is 64.1 Å². The molecule has 0 atom stereocenters. The van der Waals surface area contributed by atoms with E-state index >= 15 is 0 Å². The predicted octanol–water partition coefficient (Wildman–Crippen LogP) is 1.40. The first-order valence-corrected chi connectivity index (χ1v) is 5.30. The number of aliphatic hydroxyl groups is 1. The molecule has 0 bridgehead atoms. The van der Waals surface area contributed by atoms with Gasteiger partial charge in [-0.05, 0) is 12.8 Å². The maximum Gasteiger partial charge on any atom is 0.435 e. The van der Waals surface area contributed by atoms with Gasteiger partial charge < -0.3 is 10.8 Å². The molecule has 17 heavy (non-hydrogen) atoms. The Morgan fingerprint density at radius 2 is 2.06 bits per heavy atom. The molecular weight excluding hydrogens is 259 g/mol. The molecule has 1 fully saturated rings. The minimum absolute atomic E-state index is 0.0570. The van der Waals surface area contributed by atoms with Crippen molar-refractivity contribution in [2.24, 2.45) is 12.8 Å². The van der Waals surface area contributed by atoms with E-state index in [0.29, 0.717) is 0 Å². The van der Waals surface area contributed by atoms with Crippen molar-refractivity contribution in [2.45, 2.75) is 30.7 Å². The summed E-state index contributed by atoms with van der Waals surface area (Å²) in [6.45, 7) is 0. The number of halogens is 4. The van der Waals surface area contributed by atoms with Crippen molar-refractivity contribution in [3.63, 3.8) is 0 Å². The lowest BCUT2D eigenvalue weighted by Crippen LogP contribution is -2.52. The summed E-state index contributed by atoms with van der Waals surface area (Å²) in [5.74, 6) is 0. The van der Waals surface area contributed by atoms with E-state index in [1.807, 2.05) is 0 Å². The van der Waals surface area contributed by atoms with Crippen LogP contribution in [-0.2, 0) is 18.8 Å². The van der Waals surface area contributed by atoms with E-state index in [1.165, 1.54) is 7.05 Å². The van der Waals surface area contributed by atoms with Crippen LogP contribution in [0.25, 0.3) is 0 Å². The first-order chi connectivity index (χ1) is 7.65. The number of aliphatic hydroxyl groups excluding tert-OH is 1. The zero-order valence-corrected chi connectivity index (χ0v) is 9.68. The van der Waals surface area contributed by atoms with Gasteiger partial charge in [0.05, 0.1) is 11.6 Å². The van der Waals surface area contributed by atoms with Gasteiger partial charge in [-0.2, -0.15) is 18.3 Å². The lowest BCUT2D eigenvalue weighted by atomic mass is 9.70. The Kier molecular flexibility index (Phi) is 2.68. The molecule has 0 saturated heterocycles. The lowest BCUT2D eigenvalue weighted by Gasteiger charge is -2.42. The Labute approximate surface area is 100 Å². The zero-order chi connectivity index (χ0) is 13.0. The number of aromatic nitrogens is 2. The molecule has 4 nitrogen and oxygen atoms in total. The number of aryl methyl sites for hydroxylation is 1. The van der Waals surface area contributed by atoms with Gasteiger partial charge in [-0.3, -0.25) is 4.68 Å². The van der Waals surface area contributed by atoms with Crippen molar-refractivity contribution < 1.29 is 18.3 Å². The van der Waals surface area contributed by atoms with E-state index in [9.17, 15) is 18.3 Å². The normalized spacial score (nSPS) is 29.2. The quantitative estimate of drug-likeness (QED) is 0.810. The Hall–Kier alpha value is -0.790. The molecule has 1 aromatic rings. The highest BCUT2D eigenvalue weighted by molar-refractivity contribution is 6.30. The maximum atomic E-state index is 12.8. The lowest BCUT2D eigenvalue weighted by molar-refractivity contribution is -0.143.